The van der Waals surface area contributed by atoms with Crippen molar-refractivity contribution in [2.75, 3.05) is 18.1 Å². The Labute approximate surface area is 117 Å². The smallest absolute Gasteiger partial charge is 0.339 e. The third kappa shape index (κ3) is 5.10. The van der Waals surface area contributed by atoms with Crippen molar-refractivity contribution >= 4 is 21.9 Å². The molecule has 0 radical (unpaired) electrons. The van der Waals surface area contributed by atoms with Gasteiger partial charge in [-0.3, -0.25) is 0 Å². The van der Waals surface area contributed by atoms with Crippen LogP contribution in [0, 0.1) is 6.92 Å². The predicted molar refractivity (Wildman–Crippen MR) is 74.3 cm³/mol. The van der Waals surface area contributed by atoms with Gasteiger partial charge >= 0.3 is 5.97 Å². The molecule has 0 aliphatic carbocycles. The van der Waals surface area contributed by atoms with Crippen molar-refractivity contribution in [2.45, 2.75) is 26.3 Å². The van der Waals surface area contributed by atoms with E-state index in [-0.39, 0.29) is 18.1 Å². The summed E-state index contributed by atoms with van der Waals surface area (Å²) in [5, 5.41) is 11.7. The van der Waals surface area contributed by atoms with Crippen LogP contribution in [0.15, 0.2) is 6.20 Å². The molecule has 0 aromatic carbocycles. The number of hydrogen-bond donors (Lipinski definition) is 3. The second kappa shape index (κ2) is 5.71. The molecule has 0 fully saturated rings. The number of aromatic carboxylic acids is 1. The quantitative estimate of drug-likeness (QED) is 0.687. The molecule has 0 saturated carbocycles. The summed E-state index contributed by atoms with van der Waals surface area (Å²) in [6.07, 6.45) is 2.29. The van der Waals surface area contributed by atoms with E-state index in [0.717, 1.165) is 6.26 Å². The average molecular weight is 302 g/mol. The summed E-state index contributed by atoms with van der Waals surface area (Å²) in [6, 6.07) is 0. The molecule has 0 saturated heterocycles. The van der Waals surface area contributed by atoms with Crippen LogP contribution in [0.3, 0.4) is 0 Å². The Bertz CT molecular complexity index is 613. The fraction of sp³-hybridized carbons (Fsp3) is 0.545. The highest BCUT2D eigenvalue weighted by molar-refractivity contribution is 7.88. The summed E-state index contributed by atoms with van der Waals surface area (Å²) in [7, 11) is -3.32. The van der Waals surface area contributed by atoms with E-state index < -0.39 is 21.5 Å². The van der Waals surface area contributed by atoms with Crippen LogP contribution >= 0.6 is 0 Å². The zero-order chi connectivity index (χ0) is 15.6. The third-order valence-electron chi connectivity index (χ3n) is 2.36. The first kappa shape index (κ1) is 16.3. The van der Waals surface area contributed by atoms with Gasteiger partial charge in [-0.2, -0.15) is 0 Å². The molecule has 1 rings (SSSR count). The Hall–Kier alpha value is -1.74. The van der Waals surface area contributed by atoms with Crippen molar-refractivity contribution in [3.8, 4) is 0 Å². The number of aryl methyl sites for hydroxylation is 1. The van der Waals surface area contributed by atoms with Crippen LogP contribution in [0.25, 0.3) is 0 Å². The molecule has 0 spiro atoms. The number of rotatable bonds is 6. The van der Waals surface area contributed by atoms with Crippen molar-refractivity contribution in [1.29, 1.82) is 0 Å². The Kier molecular flexibility index (Phi) is 4.66. The highest BCUT2D eigenvalue weighted by Crippen LogP contribution is 2.09. The van der Waals surface area contributed by atoms with Gasteiger partial charge in [-0.25, -0.2) is 27.9 Å². The number of hydrogen-bond acceptors (Lipinski definition) is 6. The van der Waals surface area contributed by atoms with E-state index in [0.29, 0.717) is 5.69 Å². The van der Waals surface area contributed by atoms with Gasteiger partial charge in [0.2, 0.25) is 16.0 Å². The number of aromatic nitrogens is 2. The summed E-state index contributed by atoms with van der Waals surface area (Å²) in [4.78, 5) is 18.7. The van der Waals surface area contributed by atoms with Gasteiger partial charge in [0.1, 0.15) is 0 Å². The first-order valence-corrected chi connectivity index (χ1v) is 7.69. The van der Waals surface area contributed by atoms with Crippen molar-refractivity contribution < 1.29 is 18.3 Å². The first-order valence-electron chi connectivity index (χ1n) is 5.80. The van der Waals surface area contributed by atoms with Gasteiger partial charge in [0, 0.05) is 18.3 Å². The molecular formula is C11H18N4O4S. The SMILES string of the molecule is Cc1nc(NCC(C)(C)NS(C)(=O)=O)ncc1C(=O)O. The number of sulfonamides is 1. The molecule has 1 aromatic rings. The molecule has 0 bridgehead atoms. The van der Waals surface area contributed by atoms with E-state index in [2.05, 4.69) is 20.0 Å². The van der Waals surface area contributed by atoms with E-state index in [1.807, 2.05) is 0 Å². The fourth-order valence-corrected chi connectivity index (χ4v) is 2.68. The topological polar surface area (TPSA) is 121 Å². The Morgan fingerprint density at radius 2 is 2.05 bits per heavy atom. The largest absolute Gasteiger partial charge is 0.478 e. The number of carbonyl (C=O) groups is 1. The molecule has 0 amide bonds. The van der Waals surface area contributed by atoms with E-state index >= 15 is 0 Å². The third-order valence-corrected chi connectivity index (χ3v) is 3.28. The first-order chi connectivity index (χ1) is 9.00. The van der Waals surface area contributed by atoms with Crippen LogP contribution in [0.4, 0.5) is 5.95 Å². The second-order valence-corrected chi connectivity index (χ2v) is 6.86. The Balaban J connectivity index is 2.76. The predicted octanol–water partition coefficient (Wildman–Crippen LogP) is 0.223. The lowest BCUT2D eigenvalue weighted by atomic mass is 10.1. The summed E-state index contributed by atoms with van der Waals surface area (Å²) in [6.45, 7) is 5.24. The van der Waals surface area contributed by atoms with Gasteiger partial charge in [-0.15, -0.1) is 0 Å². The van der Waals surface area contributed by atoms with Crippen LogP contribution < -0.4 is 10.0 Å². The Morgan fingerprint density at radius 1 is 1.45 bits per heavy atom. The highest BCUT2D eigenvalue weighted by Gasteiger charge is 2.22. The van der Waals surface area contributed by atoms with Gasteiger partial charge in [-0.05, 0) is 20.8 Å². The summed E-state index contributed by atoms with van der Waals surface area (Å²) >= 11 is 0. The average Bonchev–Trinajstić information content (AvgIpc) is 2.22. The van der Waals surface area contributed by atoms with E-state index in [4.69, 9.17) is 5.11 Å². The lowest BCUT2D eigenvalue weighted by Crippen LogP contribution is -2.48. The van der Waals surface area contributed by atoms with Gasteiger partial charge in [0.05, 0.1) is 17.5 Å². The minimum atomic E-state index is -3.32. The molecule has 8 nitrogen and oxygen atoms in total. The molecular weight excluding hydrogens is 284 g/mol. The zero-order valence-electron chi connectivity index (χ0n) is 11.8. The standard InChI is InChI=1S/C11H18N4O4S/c1-7-8(9(16)17)5-12-10(14-7)13-6-11(2,3)15-20(4,18)19/h5,15H,6H2,1-4H3,(H,16,17)(H,12,13,14). The van der Waals surface area contributed by atoms with Crippen LogP contribution in [-0.4, -0.2) is 47.8 Å². The number of nitrogens with zero attached hydrogens (tertiary/aromatic N) is 2. The van der Waals surface area contributed by atoms with Crippen molar-refractivity contribution in [2.24, 2.45) is 0 Å². The van der Waals surface area contributed by atoms with Crippen LogP contribution in [0.2, 0.25) is 0 Å². The number of nitrogens with one attached hydrogen (secondary N) is 2. The van der Waals surface area contributed by atoms with Crippen LogP contribution in [-0.2, 0) is 10.0 Å². The summed E-state index contributed by atoms with van der Waals surface area (Å²) < 4.78 is 24.9. The normalized spacial score (nSPS) is 12.2. The molecule has 1 aromatic heterocycles. The lowest BCUT2D eigenvalue weighted by molar-refractivity contribution is 0.0695. The van der Waals surface area contributed by atoms with E-state index in [9.17, 15) is 13.2 Å². The molecule has 0 atom stereocenters. The van der Waals surface area contributed by atoms with Crippen molar-refractivity contribution in [3.63, 3.8) is 0 Å². The molecule has 3 N–H and O–H groups in total. The molecule has 20 heavy (non-hydrogen) atoms. The van der Waals surface area contributed by atoms with E-state index in [1.165, 1.54) is 6.20 Å². The number of carboxylic acids is 1. The molecule has 1 heterocycles. The van der Waals surface area contributed by atoms with Crippen LogP contribution in [0.1, 0.15) is 29.9 Å². The maximum absolute atomic E-state index is 11.2. The lowest BCUT2D eigenvalue weighted by Gasteiger charge is -2.25. The van der Waals surface area contributed by atoms with Gasteiger partial charge in [0.15, 0.2) is 0 Å². The highest BCUT2D eigenvalue weighted by atomic mass is 32.2. The maximum Gasteiger partial charge on any atom is 0.339 e. The van der Waals surface area contributed by atoms with Gasteiger partial charge < -0.3 is 10.4 Å². The van der Waals surface area contributed by atoms with Gasteiger partial charge in [0.25, 0.3) is 0 Å². The van der Waals surface area contributed by atoms with Crippen LogP contribution in [0.5, 0.6) is 0 Å². The van der Waals surface area contributed by atoms with Crippen molar-refractivity contribution in [1.82, 2.24) is 14.7 Å². The molecule has 0 unspecified atom stereocenters. The van der Waals surface area contributed by atoms with Gasteiger partial charge in [-0.1, -0.05) is 0 Å². The van der Waals surface area contributed by atoms with E-state index in [1.54, 1.807) is 20.8 Å². The van der Waals surface area contributed by atoms with Crippen molar-refractivity contribution in [3.05, 3.63) is 17.5 Å². The summed E-state index contributed by atoms with van der Waals surface area (Å²) in [5.74, 6) is -0.844. The minimum Gasteiger partial charge on any atom is -0.478 e. The maximum atomic E-state index is 11.2. The number of anilines is 1. The molecule has 112 valence electrons. The molecule has 0 aliphatic rings. The second-order valence-electron chi connectivity index (χ2n) is 5.11. The number of carboxylic acid groups (broad SMARTS) is 1. The molecule has 0 aliphatic heterocycles. The molecule has 9 heteroatoms. The monoisotopic (exact) mass is 302 g/mol. The Morgan fingerprint density at radius 3 is 2.50 bits per heavy atom. The minimum absolute atomic E-state index is 0.0315. The summed E-state index contributed by atoms with van der Waals surface area (Å²) in [5.41, 5.74) is -0.357. The zero-order valence-corrected chi connectivity index (χ0v) is 12.6. The fourth-order valence-electron chi connectivity index (χ4n) is 1.60.